The summed E-state index contributed by atoms with van der Waals surface area (Å²) >= 11 is 22.7. The number of Topliss-reactive ketones (excluding diaryl/α,β-unsaturated/α-hetero) is 1. The number of thiophene rings is 3. The van der Waals surface area contributed by atoms with Crippen molar-refractivity contribution < 1.29 is 45.9 Å². The number of carbonyl (C=O) groups excluding carboxylic acids is 2. The van der Waals surface area contributed by atoms with Gasteiger partial charge in [0.2, 0.25) is 15.9 Å². The van der Waals surface area contributed by atoms with E-state index in [1.165, 1.54) is 98.1 Å². The van der Waals surface area contributed by atoms with Crippen LogP contribution >= 0.6 is 68.8 Å². The number of anilines is 8. The number of aromatic amines is 4. The number of aliphatic hydroxyl groups is 1. The number of ketones is 1. The van der Waals surface area contributed by atoms with Crippen LogP contribution in [0.15, 0.2) is 119 Å². The first-order valence-electron chi connectivity index (χ1n) is 34.9. The first kappa shape index (κ1) is 77.1. The molecule has 11 aromatic heterocycles. The summed E-state index contributed by atoms with van der Waals surface area (Å²) in [7, 11) is -5.84. The van der Waals surface area contributed by atoms with Gasteiger partial charge in [0.15, 0.2) is 81.4 Å². The number of sulfonamides is 2. The number of aromatic nitrogens is 16. The Bertz CT molecular complexity index is 5560. The molecule has 0 spiro atoms. The van der Waals surface area contributed by atoms with E-state index in [0.29, 0.717) is 156 Å². The van der Waals surface area contributed by atoms with Gasteiger partial charge in [-0.3, -0.25) is 30.0 Å². The van der Waals surface area contributed by atoms with E-state index in [-0.39, 0.29) is 49.8 Å². The van der Waals surface area contributed by atoms with Crippen molar-refractivity contribution >= 4 is 147 Å². The molecule has 0 bridgehead atoms. The SMILES string of the molecule is CC(=O)NCc1ccc(-c2ncc(Cl)c(Nc3cc(C4CC4)[nH]n3)n2)s1.CC(=O)c1ccc(-c2ncc(F)c(Nc3cc(C4CC4)[nH]n3)n2)s1.CN(CCO)S(=O)(=O)c1cccc(-c2ncc(Cl)c(Nc3cc(C4CC4)[nH]n3)n2)c1.O=S(=O)(c1ccc(-c2ncc(Cl)c(Nc3cc(C4CC4)[nH]n3)n2)s1)N1CCNCC1.[HH].[HH].[HH].[HH].[HH].[HH].[HH]. The summed E-state index contributed by atoms with van der Waals surface area (Å²) < 4.78 is 68.0. The molecule has 17 rings (SSSR count). The van der Waals surface area contributed by atoms with Gasteiger partial charge in [0.05, 0.1) is 62.3 Å². The fourth-order valence-corrected chi connectivity index (χ4v) is 17.3. The quantitative estimate of drug-likeness (QED) is 0.0237. The second-order valence-corrected chi connectivity index (χ2v) is 35.0. The van der Waals surface area contributed by atoms with Crippen molar-refractivity contribution in [1.82, 2.24) is 99.9 Å². The van der Waals surface area contributed by atoms with Crippen molar-refractivity contribution in [1.29, 1.82) is 0 Å². The molecule has 4 aliphatic carbocycles. The van der Waals surface area contributed by atoms with Crippen LogP contribution in [0.2, 0.25) is 15.1 Å². The minimum atomic E-state index is -3.74. The number of nitrogens with one attached hydrogen (secondary N) is 10. The van der Waals surface area contributed by atoms with Crippen LogP contribution in [0.1, 0.15) is 136 Å². The van der Waals surface area contributed by atoms with E-state index < -0.39 is 25.9 Å². The number of benzene rings is 1. The van der Waals surface area contributed by atoms with Crippen LogP contribution in [0.25, 0.3) is 43.5 Å². The Morgan fingerprint density at radius 2 is 1.01 bits per heavy atom. The van der Waals surface area contributed by atoms with Crippen molar-refractivity contribution in [3.05, 3.63) is 163 Å². The zero-order chi connectivity index (χ0) is 76.8. The summed E-state index contributed by atoms with van der Waals surface area (Å²) in [5, 5.41) is 57.3. The Kier molecular flexibility index (Phi) is 23.8. The van der Waals surface area contributed by atoms with Crippen LogP contribution < -0.4 is 31.9 Å². The molecule has 11 N–H and O–H groups in total. The largest absolute Gasteiger partial charge is 0.395 e. The Labute approximate surface area is 667 Å². The first-order valence-corrected chi connectivity index (χ1v) is 41.4. The molecular formula is C70H86Cl3FN24O7S5. The van der Waals surface area contributed by atoms with Crippen LogP contribution in [0.3, 0.4) is 0 Å². The average Bonchev–Trinajstić information content (AvgIpc) is 1.62. The number of aliphatic hydroxyl groups excluding tert-OH is 1. The highest BCUT2D eigenvalue weighted by molar-refractivity contribution is 7.91. The molecule has 4 saturated carbocycles. The second-order valence-electron chi connectivity index (χ2n) is 26.2. The van der Waals surface area contributed by atoms with Crippen LogP contribution in [-0.2, 0) is 31.4 Å². The van der Waals surface area contributed by atoms with E-state index in [0.717, 1.165) is 80.1 Å². The molecule has 5 fully saturated rings. The van der Waals surface area contributed by atoms with Gasteiger partial charge < -0.3 is 37.0 Å². The minimum Gasteiger partial charge on any atom is -0.395 e. The number of halogens is 4. The number of piperazine rings is 1. The molecule has 1 amide bonds. The molecule has 1 aromatic carbocycles. The molecule has 0 unspecified atom stereocenters. The van der Waals surface area contributed by atoms with Crippen LogP contribution in [-0.4, -0.2) is 169 Å². The molecule has 586 valence electrons. The molecule has 5 aliphatic rings. The van der Waals surface area contributed by atoms with Crippen molar-refractivity contribution in [2.45, 2.75) is 105 Å². The van der Waals surface area contributed by atoms with E-state index in [9.17, 15) is 30.8 Å². The van der Waals surface area contributed by atoms with Gasteiger partial charge in [-0.2, -0.15) is 29.0 Å². The topological polar surface area (TPSA) is 419 Å². The highest BCUT2D eigenvalue weighted by atomic mass is 35.5. The number of carbonyl (C=O) groups is 2. The normalized spacial score (nSPS) is 15.0. The zero-order valence-corrected chi connectivity index (χ0v) is 65.4. The van der Waals surface area contributed by atoms with Crippen molar-refractivity contribution in [3.63, 3.8) is 0 Å². The predicted octanol–water partition coefficient (Wildman–Crippen LogP) is 15.0. The lowest BCUT2D eigenvalue weighted by atomic mass is 10.2. The number of rotatable bonds is 25. The Morgan fingerprint density at radius 3 is 1.48 bits per heavy atom. The van der Waals surface area contributed by atoms with Crippen molar-refractivity contribution in [2.24, 2.45) is 0 Å². The van der Waals surface area contributed by atoms with E-state index in [1.54, 1.807) is 42.6 Å². The van der Waals surface area contributed by atoms with Crippen LogP contribution in [0.4, 0.5) is 50.9 Å². The number of H-pyrrole nitrogens is 4. The first-order chi connectivity index (χ1) is 53.1. The van der Waals surface area contributed by atoms with Crippen molar-refractivity contribution in [2.75, 3.05) is 67.6 Å². The lowest BCUT2D eigenvalue weighted by molar-refractivity contribution is -0.119. The number of hydrogen-bond donors (Lipinski definition) is 11. The zero-order valence-electron chi connectivity index (χ0n) is 59.0. The maximum absolute atomic E-state index is 14.0. The monoisotopic (exact) mass is 1660 g/mol. The van der Waals surface area contributed by atoms with E-state index in [2.05, 4.69) is 113 Å². The van der Waals surface area contributed by atoms with Gasteiger partial charge in [0.25, 0.3) is 10.0 Å². The molecule has 12 heterocycles. The van der Waals surface area contributed by atoms with Crippen molar-refractivity contribution in [3.8, 4) is 43.5 Å². The third-order valence-corrected chi connectivity index (χ3v) is 26.1. The van der Waals surface area contributed by atoms with Gasteiger partial charge >= 0.3 is 0 Å². The Morgan fingerprint density at radius 1 is 0.573 bits per heavy atom. The average molecular weight is 1660 g/mol. The van der Waals surface area contributed by atoms with Gasteiger partial charge in [-0.25, -0.2) is 61.1 Å². The lowest BCUT2D eigenvalue weighted by Crippen LogP contribution is -2.46. The second kappa shape index (κ2) is 33.9. The molecular weight excluding hydrogens is 1570 g/mol. The van der Waals surface area contributed by atoms with Crippen LogP contribution in [0, 0.1) is 5.82 Å². The fourth-order valence-electron chi connectivity index (χ4n) is 11.1. The lowest BCUT2D eigenvalue weighted by Gasteiger charge is -2.25. The van der Waals surface area contributed by atoms with E-state index in [1.807, 2.05) is 36.4 Å². The Balaban J connectivity index is 0.000000212. The molecule has 0 atom stereocenters. The summed E-state index contributed by atoms with van der Waals surface area (Å²) in [6.45, 7) is 5.48. The molecule has 40 heteroatoms. The highest BCUT2D eigenvalue weighted by Gasteiger charge is 2.32. The van der Waals surface area contributed by atoms with Gasteiger partial charge in [-0.05, 0) is 107 Å². The summed E-state index contributed by atoms with van der Waals surface area (Å²) in [6.07, 6.45) is 15.1. The summed E-state index contributed by atoms with van der Waals surface area (Å²) in [5.41, 5.74) is 4.89. The molecule has 31 nitrogen and oxygen atoms in total. The summed E-state index contributed by atoms with van der Waals surface area (Å²) in [4.78, 5) is 61.0. The number of amides is 1. The summed E-state index contributed by atoms with van der Waals surface area (Å²) in [5.74, 6) is 7.12. The smallest absolute Gasteiger partial charge is 0.252 e. The highest BCUT2D eigenvalue weighted by Crippen LogP contribution is 2.44. The number of likely N-dealkylation sites (N-methyl/N-ethyl adjacent to an activating group) is 1. The van der Waals surface area contributed by atoms with E-state index >= 15 is 0 Å². The predicted molar refractivity (Wildman–Crippen MR) is 435 cm³/mol. The molecule has 1 saturated heterocycles. The van der Waals surface area contributed by atoms with Gasteiger partial charge in [0.1, 0.15) is 19.3 Å². The number of hydrogen-bond acceptors (Lipinski definition) is 27. The van der Waals surface area contributed by atoms with Gasteiger partial charge in [0, 0.05) is 138 Å². The fraction of sp³-hybridized carbons (Fsp3) is 0.314. The maximum atomic E-state index is 14.0. The van der Waals surface area contributed by atoms with E-state index in [4.69, 9.17) is 39.9 Å². The third kappa shape index (κ3) is 19.4. The van der Waals surface area contributed by atoms with Gasteiger partial charge in [-0.1, -0.05) is 46.9 Å². The molecule has 1 aliphatic heterocycles. The third-order valence-electron chi connectivity index (χ3n) is 17.7. The summed E-state index contributed by atoms with van der Waals surface area (Å²) in [6, 6.07) is 24.8. The minimum absolute atomic E-state index is 0. The van der Waals surface area contributed by atoms with Gasteiger partial charge in [-0.15, -0.1) is 34.0 Å². The maximum Gasteiger partial charge on any atom is 0.252 e. The molecule has 0 radical (unpaired) electrons. The van der Waals surface area contributed by atoms with Crippen LogP contribution in [0.5, 0.6) is 0 Å². The standard InChI is InChI=1S/C19H21ClN6O3S.C18H20ClN7O2S2.C17H17ClN6OS.C16H14FN5OS.7H2/c1-26(7-8-27)30(28,29)14-4-2-3-13(9-14)18-21-11-15(20)19(23-18)22-17-10-16(24-25-17)12-5-6-12;19-12-10-21-18(23-17(12)22-15-9-13(24-25-15)11-1-2-11)14-3-4-16(29-14)30(27,28)26-7-5-20-6-8-26;1-9(25)19-7-11-4-5-14(26-11)17-20-8-12(18)16(22-17)21-15-6-13(23-24-15)10-2-3-10;1-8(23)12-4-5-13(24-12)16-18-7-10(17)15(20-16)19-14-6-11(21-22-14)9-2-3-9;;;;;;;/h2-4,9-12,27H,5-8H2,1H3,(H2,21,22,23,24,25);3-4,9-11,20H,1-2,5-8H2,(H2,21,22,23,24,25);4-6,8,10H,2-3,7H2,1H3,(H,19,25)(H2,20,21,22,23,24);4-7,9H,2-3H2,1H3,(H2,18,19,20,21,22);7*1H. The Hall–Kier alpha value is -9.64. The number of nitrogens with zero attached hydrogens (tertiary/aromatic N) is 14. The molecule has 12 aromatic rings. The molecule has 110 heavy (non-hydrogen) atoms.